The van der Waals surface area contributed by atoms with Gasteiger partial charge in [0.2, 0.25) is 0 Å². The SMILES string of the molecule is NC(=S)c1ccncc1Nc1ccc2ncsc2c1. The predicted octanol–water partition coefficient (Wildman–Crippen LogP) is 3.07. The molecule has 19 heavy (non-hydrogen) atoms. The van der Waals surface area contributed by atoms with Gasteiger partial charge in [-0.3, -0.25) is 4.98 Å². The fraction of sp³-hybridized carbons (Fsp3) is 0. The van der Waals surface area contributed by atoms with Crippen LogP contribution in [0.3, 0.4) is 0 Å². The smallest absolute Gasteiger partial charge is 0.106 e. The Balaban J connectivity index is 1.98. The van der Waals surface area contributed by atoms with Crippen molar-refractivity contribution in [1.82, 2.24) is 9.97 Å². The van der Waals surface area contributed by atoms with E-state index in [4.69, 9.17) is 18.0 Å². The second kappa shape index (κ2) is 4.91. The predicted molar refractivity (Wildman–Crippen MR) is 83.0 cm³/mol. The van der Waals surface area contributed by atoms with Crippen molar-refractivity contribution in [2.24, 2.45) is 5.73 Å². The van der Waals surface area contributed by atoms with Crippen molar-refractivity contribution in [3.63, 3.8) is 0 Å². The van der Waals surface area contributed by atoms with E-state index in [2.05, 4.69) is 15.3 Å². The molecule has 2 heterocycles. The normalized spacial score (nSPS) is 10.5. The van der Waals surface area contributed by atoms with Crippen LogP contribution in [0.5, 0.6) is 0 Å². The maximum Gasteiger partial charge on any atom is 0.106 e. The minimum Gasteiger partial charge on any atom is -0.389 e. The van der Waals surface area contributed by atoms with E-state index < -0.39 is 0 Å². The van der Waals surface area contributed by atoms with Crippen LogP contribution in [-0.4, -0.2) is 15.0 Å². The molecule has 1 aromatic carbocycles. The highest BCUT2D eigenvalue weighted by Crippen LogP contribution is 2.25. The Bertz CT molecular complexity index is 751. The van der Waals surface area contributed by atoms with Crippen LogP contribution in [0.2, 0.25) is 0 Å². The zero-order chi connectivity index (χ0) is 13.2. The fourth-order valence-corrected chi connectivity index (χ4v) is 2.69. The molecule has 2 aromatic heterocycles. The monoisotopic (exact) mass is 286 g/mol. The van der Waals surface area contributed by atoms with Gasteiger partial charge >= 0.3 is 0 Å². The molecular weight excluding hydrogens is 276 g/mol. The van der Waals surface area contributed by atoms with Gasteiger partial charge in [-0.15, -0.1) is 11.3 Å². The summed E-state index contributed by atoms with van der Waals surface area (Å²) in [5, 5.41) is 3.28. The van der Waals surface area contributed by atoms with Gasteiger partial charge in [0, 0.05) is 17.4 Å². The topological polar surface area (TPSA) is 63.8 Å². The summed E-state index contributed by atoms with van der Waals surface area (Å²) in [6, 6.07) is 7.79. The second-order valence-electron chi connectivity index (χ2n) is 3.95. The number of nitrogens with one attached hydrogen (secondary N) is 1. The average molecular weight is 286 g/mol. The summed E-state index contributed by atoms with van der Waals surface area (Å²) in [5.74, 6) is 0. The van der Waals surface area contributed by atoms with Crippen molar-refractivity contribution in [1.29, 1.82) is 0 Å². The van der Waals surface area contributed by atoms with Crippen LogP contribution in [0.15, 0.2) is 42.2 Å². The zero-order valence-electron chi connectivity index (χ0n) is 9.83. The molecule has 0 amide bonds. The van der Waals surface area contributed by atoms with Crippen molar-refractivity contribution in [2.45, 2.75) is 0 Å². The Labute approximate surface area is 119 Å². The van der Waals surface area contributed by atoms with Gasteiger partial charge in [-0.2, -0.15) is 0 Å². The number of nitrogens with zero attached hydrogens (tertiary/aromatic N) is 2. The summed E-state index contributed by atoms with van der Waals surface area (Å²) in [4.78, 5) is 8.69. The molecule has 0 aliphatic rings. The van der Waals surface area contributed by atoms with E-state index in [1.54, 1.807) is 29.8 Å². The van der Waals surface area contributed by atoms with Crippen molar-refractivity contribution in [2.75, 3.05) is 5.32 Å². The quantitative estimate of drug-likeness (QED) is 0.724. The van der Waals surface area contributed by atoms with E-state index in [9.17, 15) is 0 Å². The van der Waals surface area contributed by atoms with Gasteiger partial charge in [-0.05, 0) is 24.3 Å². The first-order valence-electron chi connectivity index (χ1n) is 5.58. The number of anilines is 2. The maximum absolute atomic E-state index is 5.70. The molecule has 0 radical (unpaired) electrons. The Morgan fingerprint density at radius 2 is 2.21 bits per heavy atom. The maximum atomic E-state index is 5.70. The van der Waals surface area contributed by atoms with Crippen LogP contribution >= 0.6 is 23.6 Å². The number of hydrogen-bond acceptors (Lipinski definition) is 5. The summed E-state index contributed by atoms with van der Waals surface area (Å²) in [7, 11) is 0. The summed E-state index contributed by atoms with van der Waals surface area (Å²) in [6.07, 6.45) is 3.39. The molecule has 3 N–H and O–H groups in total. The Morgan fingerprint density at radius 3 is 3.05 bits per heavy atom. The largest absolute Gasteiger partial charge is 0.389 e. The van der Waals surface area contributed by atoms with Crippen molar-refractivity contribution < 1.29 is 0 Å². The van der Waals surface area contributed by atoms with Crippen LogP contribution in [0.1, 0.15) is 5.56 Å². The lowest BCUT2D eigenvalue weighted by molar-refractivity contribution is 1.31. The average Bonchev–Trinajstić information content (AvgIpc) is 2.86. The molecule has 3 rings (SSSR count). The van der Waals surface area contributed by atoms with Crippen molar-refractivity contribution in [3.8, 4) is 0 Å². The van der Waals surface area contributed by atoms with Crippen LogP contribution < -0.4 is 11.1 Å². The Morgan fingerprint density at radius 1 is 1.32 bits per heavy atom. The number of thiazole rings is 1. The van der Waals surface area contributed by atoms with Gasteiger partial charge in [0.1, 0.15) is 4.99 Å². The van der Waals surface area contributed by atoms with Crippen LogP contribution in [0, 0.1) is 0 Å². The molecular formula is C13H10N4S2. The zero-order valence-corrected chi connectivity index (χ0v) is 11.5. The number of nitrogens with two attached hydrogens (primary N) is 1. The van der Waals surface area contributed by atoms with Gasteiger partial charge in [-0.1, -0.05) is 12.2 Å². The molecule has 0 bridgehead atoms. The molecule has 0 atom stereocenters. The van der Waals surface area contributed by atoms with Crippen molar-refractivity contribution >= 4 is 50.1 Å². The third kappa shape index (κ3) is 2.40. The van der Waals surface area contributed by atoms with E-state index in [-0.39, 0.29) is 0 Å². The second-order valence-corrected chi connectivity index (χ2v) is 5.27. The molecule has 0 spiro atoms. The molecule has 0 saturated carbocycles. The summed E-state index contributed by atoms with van der Waals surface area (Å²) < 4.78 is 1.13. The number of pyridine rings is 1. The lowest BCUT2D eigenvalue weighted by Gasteiger charge is -2.10. The highest BCUT2D eigenvalue weighted by atomic mass is 32.1. The number of benzene rings is 1. The molecule has 0 aliphatic heterocycles. The van der Waals surface area contributed by atoms with E-state index >= 15 is 0 Å². The van der Waals surface area contributed by atoms with E-state index in [1.165, 1.54) is 0 Å². The lowest BCUT2D eigenvalue weighted by Crippen LogP contribution is -2.12. The third-order valence-corrected chi connectivity index (χ3v) is 3.71. The van der Waals surface area contributed by atoms with Gasteiger partial charge in [0.15, 0.2) is 0 Å². The summed E-state index contributed by atoms with van der Waals surface area (Å²) in [5.41, 5.74) is 11.1. The first kappa shape index (κ1) is 12.0. The highest BCUT2D eigenvalue weighted by molar-refractivity contribution is 7.80. The van der Waals surface area contributed by atoms with E-state index in [0.29, 0.717) is 4.99 Å². The molecule has 3 aromatic rings. The van der Waals surface area contributed by atoms with Gasteiger partial charge < -0.3 is 11.1 Å². The van der Waals surface area contributed by atoms with E-state index in [1.807, 2.05) is 23.7 Å². The number of fused-ring (bicyclic) bond motifs is 1. The minimum atomic E-state index is 0.351. The summed E-state index contributed by atoms with van der Waals surface area (Å²) >= 11 is 6.64. The molecule has 6 heteroatoms. The number of rotatable bonds is 3. The molecule has 0 fully saturated rings. The summed E-state index contributed by atoms with van der Waals surface area (Å²) in [6.45, 7) is 0. The number of aromatic nitrogens is 2. The van der Waals surface area contributed by atoms with Crippen molar-refractivity contribution in [3.05, 3.63) is 47.7 Å². The minimum absolute atomic E-state index is 0.351. The fourth-order valence-electron chi connectivity index (χ4n) is 1.80. The number of thiocarbonyl (C=S) groups is 1. The molecule has 0 unspecified atom stereocenters. The van der Waals surface area contributed by atoms with Crippen LogP contribution in [0.4, 0.5) is 11.4 Å². The highest BCUT2D eigenvalue weighted by Gasteiger charge is 2.06. The standard InChI is InChI=1S/C13H10N4S2/c14-13(18)9-3-4-15-6-11(9)17-8-1-2-10-12(5-8)19-7-16-10/h1-7,17H,(H2,14,18). The van der Waals surface area contributed by atoms with Crippen LogP contribution in [-0.2, 0) is 0 Å². The van der Waals surface area contributed by atoms with Gasteiger partial charge in [-0.25, -0.2) is 4.98 Å². The number of hydrogen-bond donors (Lipinski definition) is 2. The van der Waals surface area contributed by atoms with Crippen LogP contribution in [0.25, 0.3) is 10.2 Å². The first-order chi connectivity index (χ1) is 9.24. The molecule has 94 valence electrons. The molecule has 4 nitrogen and oxygen atoms in total. The third-order valence-electron chi connectivity index (χ3n) is 2.70. The Kier molecular flexibility index (Phi) is 3.10. The lowest BCUT2D eigenvalue weighted by atomic mass is 10.2. The van der Waals surface area contributed by atoms with Gasteiger partial charge in [0.25, 0.3) is 0 Å². The molecule has 0 aliphatic carbocycles. The van der Waals surface area contributed by atoms with Gasteiger partial charge in [0.05, 0.1) is 27.6 Å². The van der Waals surface area contributed by atoms with E-state index in [0.717, 1.165) is 27.2 Å². The first-order valence-corrected chi connectivity index (χ1v) is 6.87. The Hall–Kier alpha value is -2.05. The molecule has 0 saturated heterocycles.